The van der Waals surface area contributed by atoms with E-state index in [0.29, 0.717) is 41.4 Å². The Labute approximate surface area is 123 Å². The Morgan fingerprint density at radius 3 is 2.62 bits per heavy atom. The van der Waals surface area contributed by atoms with Crippen molar-refractivity contribution in [2.45, 2.75) is 20.3 Å². The van der Waals surface area contributed by atoms with Crippen molar-refractivity contribution < 1.29 is 23.8 Å². The zero-order valence-corrected chi connectivity index (χ0v) is 12.3. The molecule has 0 amide bonds. The minimum Gasteiger partial charge on any atom is -0.493 e. The minimum atomic E-state index is -0.997. The third kappa shape index (κ3) is 2.86. The number of rotatable bonds is 6. The van der Waals surface area contributed by atoms with Crippen molar-refractivity contribution in [3.63, 3.8) is 0 Å². The van der Waals surface area contributed by atoms with Gasteiger partial charge in [-0.25, -0.2) is 4.79 Å². The molecule has 21 heavy (non-hydrogen) atoms. The fourth-order valence-electron chi connectivity index (χ4n) is 2.18. The molecule has 0 saturated carbocycles. The monoisotopic (exact) mass is 290 g/mol. The molecule has 1 aromatic heterocycles. The molecule has 5 nitrogen and oxygen atoms in total. The van der Waals surface area contributed by atoms with Crippen molar-refractivity contribution in [1.82, 2.24) is 0 Å². The molecule has 1 N–H and O–H groups in total. The van der Waals surface area contributed by atoms with Gasteiger partial charge in [0.05, 0.1) is 20.0 Å². The highest BCUT2D eigenvalue weighted by atomic mass is 16.5. The highest BCUT2D eigenvalue weighted by molar-refractivity contribution is 5.96. The second kappa shape index (κ2) is 6.35. The van der Waals surface area contributed by atoms with E-state index in [1.165, 1.54) is 6.26 Å². The standard InChI is InChI=1S/C16H18O5/c1-4-10-9-21-15(14(10)16(17)18)11-6-7-12(20-5-2)13(8-11)19-3/h6-9H,4-5H2,1-3H3,(H,17,18). The van der Waals surface area contributed by atoms with Crippen LogP contribution in [-0.2, 0) is 6.42 Å². The van der Waals surface area contributed by atoms with E-state index >= 15 is 0 Å². The number of benzene rings is 1. The largest absolute Gasteiger partial charge is 0.493 e. The Morgan fingerprint density at radius 1 is 1.29 bits per heavy atom. The molecule has 0 aliphatic carbocycles. The summed E-state index contributed by atoms with van der Waals surface area (Å²) in [5.41, 5.74) is 1.52. The highest BCUT2D eigenvalue weighted by Gasteiger charge is 2.21. The molecule has 2 aromatic rings. The number of aryl methyl sites for hydroxylation is 1. The van der Waals surface area contributed by atoms with Crippen molar-refractivity contribution in [3.05, 3.63) is 35.6 Å². The number of hydrogen-bond donors (Lipinski definition) is 1. The lowest BCUT2D eigenvalue weighted by molar-refractivity contribution is 0.0696. The maximum Gasteiger partial charge on any atom is 0.339 e. The van der Waals surface area contributed by atoms with Gasteiger partial charge in [-0.15, -0.1) is 0 Å². The second-order valence-corrected chi connectivity index (χ2v) is 4.42. The van der Waals surface area contributed by atoms with Crippen LogP contribution in [0.25, 0.3) is 11.3 Å². The van der Waals surface area contributed by atoms with E-state index in [0.717, 1.165) is 0 Å². The summed E-state index contributed by atoms with van der Waals surface area (Å²) in [6, 6.07) is 5.23. The summed E-state index contributed by atoms with van der Waals surface area (Å²) in [5, 5.41) is 9.38. The lowest BCUT2D eigenvalue weighted by Crippen LogP contribution is -2.01. The predicted molar refractivity (Wildman–Crippen MR) is 78.2 cm³/mol. The summed E-state index contributed by atoms with van der Waals surface area (Å²) >= 11 is 0. The van der Waals surface area contributed by atoms with Crippen LogP contribution in [0, 0.1) is 0 Å². The van der Waals surface area contributed by atoms with Gasteiger partial charge in [-0.05, 0) is 31.5 Å². The second-order valence-electron chi connectivity index (χ2n) is 4.42. The van der Waals surface area contributed by atoms with Crippen molar-refractivity contribution in [2.75, 3.05) is 13.7 Å². The quantitative estimate of drug-likeness (QED) is 0.880. The van der Waals surface area contributed by atoms with Crippen LogP contribution in [0.1, 0.15) is 29.8 Å². The topological polar surface area (TPSA) is 68.9 Å². The van der Waals surface area contributed by atoms with Gasteiger partial charge < -0.3 is 19.0 Å². The molecule has 2 rings (SSSR count). The molecule has 5 heteroatoms. The van der Waals surface area contributed by atoms with E-state index in [9.17, 15) is 9.90 Å². The van der Waals surface area contributed by atoms with Crippen LogP contribution in [0.15, 0.2) is 28.9 Å². The lowest BCUT2D eigenvalue weighted by atomic mass is 10.0. The Balaban J connectivity index is 2.52. The number of hydrogen-bond acceptors (Lipinski definition) is 4. The number of ether oxygens (including phenoxy) is 2. The summed E-state index contributed by atoms with van der Waals surface area (Å²) in [4.78, 5) is 11.4. The third-order valence-electron chi connectivity index (χ3n) is 3.19. The molecular weight excluding hydrogens is 272 g/mol. The first-order valence-corrected chi connectivity index (χ1v) is 6.77. The zero-order valence-electron chi connectivity index (χ0n) is 12.3. The van der Waals surface area contributed by atoms with Crippen LogP contribution in [0.3, 0.4) is 0 Å². The third-order valence-corrected chi connectivity index (χ3v) is 3.19. The number of carboxylic acid groups (broad SMARTS) is 1. The van der Waals surface area contributed by atoms with E-state index in [-0.39, 0.29) is 5.56 Å². The molecule has 112 valence electrons. The average Bonchev–Trinajstić information content (AvgIpc) is 2.92. The smallest absolute Gasteiger partial charge is 0.339 e. The van der Waals surface area contributed by atoms with Crippen LogP contribution in [0.5, 0.6) is 11.5 Å². The number of aromatic carboxylic acids is 1. The van der Waals surface area contributed by atoms with Gasteiger partial charge in [-0.2, -0.15) is 0 Å². The first-order chi connectivity index (χ1) is 10.1. The molecule has 0 unspecified atom stereocenters. The number of methoxy groups -OCH3 is 1. The van der Waals surface area contributed by atoms with E-state index < -0.39 is 5.97 Å². The van der Waals surface area contributed by atoms with E-state index in [4.69, 9.17) is 13.9 Å². The summed E-state index contributed by atoms with van der Waals surface area (Å²) in [5.74, 6) is 0.493. The van der Waals surface area contributed by atoms with Crippen LogP contribution >= 0.6 is 0 Å². The Bertz CT molecular complexity index is 642. The van der Waals surface area contributed by atoms with Gasteiger partial charge in [0.2, 0.25) is 0 Å². The van der Waals surface area contributed by atoms with Gasteiger partial charge >= 0.3 is 5.97 Å². The van der Waals surface area contributed by atoms with E-state index in [2.05, 4.69) is 0 Å². The van der Waals surface area contributed by atoms with Gasteiger partial charge in [0.1, 0.15) is 11.3 Å². The lowest BCUT2D eigenvalue weighted by Gasteiger charge is -2.10. The van der Waals surface area contributed by atoms with Crippen molar-refractivity contribution in [1.29, 1.82) is 0 Å². The summed E-state index contributed by atoms with van der Waals surface area (Å²) in [6.07, 6.45) is 2.08. The molecule has 0 bridgehead atoms. The van der Waals surface area contributed by atoms with Gasteiger partial charge in [-0.3, -0.25) is 0 Å². The molecule has 1 aromatic carbocycles. The van der Waals surface area contributed by atoms with Crippen LogP contribution in [-0.4, -0.2) is 24.8 Å². The first-order valence-electron chi connectivity index (χ1n) is 6.77. The Kier molecular flexibility index (Phi) is 4.52. The van der Waals surface area contributed by atoms with Crippen LogP contribution < -0.4 is 9.47 Å². The normalized spacial score (nSPS) is 10.4. The van der Waals surface area contributed by atoms with Gasteiger partial charge in [0.25, 0.3) is 0 Å². The van der Waals surface area contributed by atoms with Gasteiger partial charge in [0.15, 0.2) is 11.5 Å². The zero-order chi connectivity index (χ0) is 15.4. The molecule has 1 heterocycles. The number of carboxylic acids is 1. The van der Waals surface area contributed by atoms with Gasteiger partial charge in [-0.1, -0.05) is 6.92 Å². The molecule has 0 fully saturated rings. The van der Waals surface area contributed by atoms with Crippen LogP contribution in [0.2, 0.25) is 0 Å². The Hall–Kier alpha value is -2.43. The average molecular weight is 290 g/mol. The molecule has 0 atom stereocenters. The maximum atomic E-state index is 11.4. The summed E-state index contributed by atoms with van der Waals surface area (Å²) in [6.45, 7) is 4.30. The fraction of sp³-hybridized carbons (Fsp3) is 0.312. The van der Waals surface area contributed by atoms with Crippen molar-refractivity contribution in [3.8, 4) is 22.8 Å². The summed E-state index contributed by atoms with van der Waals surface area (Å²) in [7, 11) is 1.54. The predicted octanol–water partition coefficient (Wildman–Crippen LogP) is 3.61. The molecular formula is C16H18O5. The van der Waals surface area contributed by atoms with Crippen molar-refractivity contribution in [2.24, 2.45) is 0 Å². The minimum absolute atomic E-state index is 0.198. The van der Waals surface area contributed by atoms with Crippen LogP contribution in [0.4, 0.5) is 0 Å². The molecule has 0 saturated heterocycles. The maximum absolute atomic E-state index is 11.4. The van der Waals surface area contributed by atoms with E-state index in [1.807, 2.05) is 13.8 Å². The molecule has 0 radical (unpaired) electrons. The molecule has 0 aliphatic rings. The van der Waals surface area contributed by atoms with Gasteiger partial charge in [0, 0.05) is 11.1 Å². The number of carbonyl (C=O) groups is 1. The van der Waals surface area contributed by atoms with E-state index in [1.54, 1.807) is 25.3 Å². The SMILES string of the molecule is CCOc1ccc(-c2occ(CC)c2C(=O)O)cc1OC. The highest BCUT2D eigenvalue weighted by Crippen LogP contribution is 2.35. The fourth-order valence-corrected chi connectivity index (χ4v) is 2.18. The number of furan rings is 1. The molecule has 0 spiro atoms. The molecule has 0 aliphatic heterocycles. The first kappa shape index (κ1) is 15.0. The summed E-state index contributed by atoms with van der Waals surface area (Å²) < 4.78 is 16.2. The Morgan fingerprint density at radius 2 is 2.05 bits per heavy atom. The van der Waals surface area contributed by atoms with Crippen molar-refractivity contribution >= 4 is 5.97 Å².